The highest BCUT2D eigenvalue weighted by molar-refractivity contribution is 4.76. The predicted molar refractivity (Wildman–Crippen MR) is 59.3 cm³/mol. The Labute approximate surface area is 87.6 Å². The number of hydrogen-bond acceptors (Lipinski definition) is 3. The summed E-state index contributed by atoms with van der Waals surface area (Å²) in [5.41, 5.74) is 5.49. The lowest BCUT2D eigenvalue weighted by Crippen LogP contribution is -2.28. The van der Waals surface area contributed by atoms with Gasteiger partial charge in [-0.2, -0.15) is 0 Å². The Morgan fingerprint density at radius 3 is 2.93 bits per heavy atom. The van der Waals surface area contributed by atoms with Crippen LogP contribution in [-0.2, 0) is 4.74 Å². The molecule has 0 aromatic carbocycles. The zero-order valence-electron chi connectivity index (χ0n) is 9.54. The maximum Gasteiger partial charge on any atom is 0.0710 e. The van der Waals surface area contributed by atoms with E-state index in [1.807, 2.05) is 7.11 Å². The first kappa shape index (κ1) is 12.0. The van der Waals surface area contributed by atoms with Crippen LogP contribution in [-0.4, -0.2) is 44.3 Å². The van der Waals surface area contributed by atoms with E-state index in [4.69, 9.17) is 10.5 Å². The SMILES string of the molecule is COC1CCN(CC(C)CCCN)C1. The van der Waals surface area contributed by atoms with Gasteiger partial charge in [0.2, 0.25) is 0 Å². The number of hydrogen-bond donors (Lipinski definition) is 1. The van der Waals surface area contributed by atoms with Gasteiger partial charge in [0.1, 0.15) is 0 Å². The van der Waals surface area contributed by atoms with Gasteiger partial charge in [0.05, 0.1) is 6.10 Å². The van der Waals surface area contributed by atoms with Crippen molar-refractivity contribution in [2.45, 2.75) is 32.3 Å². The van der Waals surface area contributed by atoms with E-state index in [2.05, 4.69) is 11.8 Å². The Kier molecular flexibility index (Phi) is 5.45. The summed E-state index contributed by atoms with van der Waals surface area (Å²) in [4.78, 5) is 2.51. The second-order valence-corrected chi connectivity index (χ2v) is 4.44. The fourth-order valence-electron chi connectivity index (χ4n) is 2.15. The lowest BCUT2D eigenvalue weighted by molar-refractivity contribution is 0.106. The van der Waals surface area contributed by atoms with Crippen molar-refractivity contribution in [1.82, 2.24) is 4.90 Å². The topological polar surface area (TPSA) is 38.5 Å². The molecule has 0 radical (unpaired) electrons. The van der Waals surface area contributed by atoms with Crippen molar-refractivity contribution in [3.05, 3.63) is 0 Å². The molecule has 2 unspecified atom stereocenters. The van der Waals surface area contributed by atoms with Gasteiger partial charge >= 0.3 is 0 Å². The summed E-state index contributed by atoms with van der Waals surface area (Å²) in [7, 11) is 1.81. The third-order valence-corrected chi connectivity index (χ3v) is 3.03. The van der Waals surface area contributed by atoms with E-state index in [1.54, 1.807) is 0 Å². The van der Waals surface area contributed by atoms with Gasteiger partial charge in [0.15, 0.2) is 0 Å². The summed E-state index contributed by atoms with van der Waals surface area (Å²) in [5, 5.41) is 0. The monoisotopic (exact) mass is 200 g/mol. The van der Waals surface area contributed by atoms with Crippen LogP contribution in [0, 0.1) is 5.92 Å². The maximum absolute atomic E-state index is 5.49. The molecule has 84 valence electrons. The fourth-order valence-corrected chi connectivity index (χ4v) is 2.15. The molecule has 1 fully saturated rings. The standard InChI is InChI=1S/C11H24N2O/c1-10(4-3-6-12)8-13-7-5-11(9-13)14-2/h10-11H,3-9,12H2,1-2H3. The van der Waals surface area contributed by atoms with E-state index in [0.717, 1.165) is 25.4 Å². The van der Waals surface area contributed by atoms with Crippen molar-refractivity contribution in [3.8, 4) is 0 Å². The second kappa shape index (κ2) is 6.38. The van der Waals surface area contributed by atoms with Gasteiger partial charge in [-0.25, -0.2) is 0 Å². The molecule has 0 amide bonds. The third-order valence-electron chi connectivity index (χ3n) is 3.03. The predicted octanol–water partition coefficient (Wildman–Crippen LogP) is 1.08. The lowest BCUT2D eigenvalue weighted by atomic mass is 10.1. The molecule has 3 heteroatoms. The smallest absolute Gasteiger partial charge is 0.0710 e. The average Bonchev–Trinajstić information content (AvgIpc) is 2.62. The van der Waals surface area contributed by atoms with Gasteiger partial charge in [-0.15, -0.1) is 0 Å². The number of ether oxygens (including phenoxy) is 1. The summed E-state index contributed by atoms with van der Waals surface area (Å²) in [6.07, 6.45) is 4.07. The van der Waals surface area contributed by atoms with Gasteiger partial charge in [-0.05, 0) is 31.7 Å². The van der Waals surface area contributed by atoms with Crippen LogP contribution < -0.4 is 5.73 Å². The minimum atomic E-state index is 0.469. The highest BCUT2D eigenvalue weighted by Crippen LogP contribution is 2.15. The Morgan fingerprint density at radius 2 is 2.36 bits per heavy atom. The molecule has 2 N–H and O–H groups in total. The molecular formula is C11H24N2O. The summed E-state index contributed by atoms with van der Waals surface area (Å²) < 4.78 is 5.34. The van der Waals surface area contributed by atoms with Gasteiger partial charge in [-0.3, -0.25) is 0 Å². The summed E-state index contributed by atoms with van der Waals surface area (Å²) >= 11 is 0. The van der Waals surface area contributed by atoms with Crippen LogP contribution in [0.2, 0.25) is 0 Å². The first-order valence-corrected chi connectivity index (χ1v) is 5.71. The molecule has 2 atom stereocenters. The molecule has 1 heterocycles. The van der Waals surface area contributed by atoms with Crippen LogP contribution in [0.15, 0.2) is 0 Å². The zero-order valence-corrected chi connectivity index (χ0v) is 9.54. The third kappa shape index (κ3) is 3.95. The fraction of sp³-hybridized carbons (Fsp3) is 1.00. The van der Waals surface area contributed by atoms with Crippen LogP contribution in [0.3, 0.4) is 0 Å². The number of likely N-dealkylation sites (tertiary alicyclic amines) is 1. The molecule has 0 spiro atoms. The molecule has 1 aliphatic rings. The molecule has 3 nitrogen and oxygen atoms in total. The second-order valence-electron chi connectivity index (χ2n) is 4.44. The molecule has 14 heavy (non-hydrogen) atoms. The number of nitrogens with two attached hydrogens (primary N) is 1. The van der Waals surface area contributed by atoms with Gasteiger partial charge in [0.25, 0.3) is 0 Å². The van der Waals surface area contributed by atoms with Gasteiger partial charge in [-0.1, -0.05) is 6.92 Å². The number of rotatable bonds is 6. The molecule has 0 aromatic rings. The van der Waals surface area contributed by atoms with Gasteiger partial charge < -0.3 is 15.4 Å². The van der Waals surface area contributed by atoms with E-state index in [0.29, 0.717) is 6.10 Å². The van der Waals surface area contributed by atoms with Crippen LogP contribution in [0.4, 0.5) is 0 Å². The van der Waals surface area contributed by atoms with Crippen molar-refractivity contribution in [2.24, 2.45) is 11.7 Å². The van der Waals surface area contributed by atoms with Crippen molar-refractivity contribution in [3.63, 3.8) is 0 Å². The average molecular weight is 200 g/mol. The minimum absolute atomic E-state index is 0.469. The van der Waals surface area contributed by atoms with E-state index < -0.39 is 0 Å². The lowest BCUT2D eigenvalue weighted by Gasteiger charge is -2.20. The Bertz CT molecular complexity index is 152. The van der Waals surface area contributed by atoms with Crippen LogP contribution >= 0.6 is 0 Å². The van der Waals surface area contributed by atoms with E-state index in [9.17, 15) is 0 Å². The quantitative estimate of drug-likeness (QED) is 0.697. The Hall–Kier alpha value is -0.120. The normalized spacial score (nSPS) is 25.5. The molecule has 1 aliphatic heterocycles. The van der Waals surface area contributed by atoms with Gasteiger partial charge in [0, 0.05) is 26.7 Å². The molecule has 0 aliphatic carbocycles. The van der Waals surface area contributed by atoms with E-state index in [-0.39, 0.29) is 0 Å². The van der Waals surface area contributed by atoms with Crippen LogP contribution in [0.5, 0.6) is 0 Å². The van der Waals surface area contributed by atoms with Crippen molar-refractivity contribution in [1.29, 1.82) is 0 Å². The Morgan fingerprint density at radius 1 is 1.57 bits per heavy atom. The van der Waals surface area contributed by atoms with Crippen molar-refractivity contribution >= 4 is 0 Å². The molecule has 1 rings (SSSR count). The highest BCUT2D eigenvalue weighted by Gasteiger charge is 2.22. The maximum atomic E-state index is 5.49. The molecule has 1 saturated heterocycles. The van der Waals surface area contributed by atoms with Crippen molar-refractivity contribution in [2.75, 3.05) is 33.3 Å². The molecule has 0 bridgehead atoms. The highest BCUT2D eigenvalue weighted by atomic mass is 16.5. The summed E-state index contributed by atoms with van der Waals surface area (Å²) in [5.74, 6) is 0.772. The molecular weight excluding hydrogens is 176 g/mol. The Balaban J connectivity index is 2.12. The van der Waals surface area contributed by atoms with Crippen LogP contribution in [0.1, 0.15) is 26.2 Å². The summed E-state index contributed by atoms with van der Waals surface area (Å²) in [6.45, 7) is 6.66. The first-order valence-electron chi connectivity index (χ1n) is 5.71. The minimum Gasteiger partial charge on any atom is -0.380 e. The number of methoxy groups -OCH3 is 1. The van der Waals surface area contributed by atoms with E-state index in [1.165, 1.54) is 25.9 Å². The van der Waals surface area contributed by atoms with E-state index >= 15 is 0 Å². The molecule has 0 saturated carbocycles. The van der Waals surface area contributed by atoms with Crippen LogP contribution in [0.25, 0.3) is 0 Å². The number of nitrogens with zero attached hydrogens (tertiary/aromatic N) is 1. The summed E-state index contributed by atoms with van der Waals surface area (Å²) in [6, 6.07) is 0. The zero-order chi connectivity index (χ0) is 10.4. The first-order chi connectivity index (χ1) is 6.76. The largest absolute Gasteiger partial charge is 0.380 e. The van der Waals surface area contributed by atoms with Crippen molar-refractivity contribution < 1.29 is 4.74 Å². The molecule has 0 aromatic heterocycles.